The van der Waals surface area contributed by atoms with Gasteiger partial charge in [-0.05, 0) is 43.9 Å². The van der Waals surface area contributed by atoms with Crippen LogP contribution in [-0.4, -0.2) is 52.3 Å². The van der Waals surface area contributed by atoms with Gasteiger partial charge in [0, 0.05) is 19.1 Å². The number of carbonyl (C=O) groups excluding carboxylic acids is 1. The average molecular weight is 282 g/mol. The van der Waals surface area contributed by atoms with Gasteiger partial charge < -0.3 is 20.4 Å². The highest BCUT2D eigenvalue weighted by molar-refractivity contribution is 5.77. The van der Waals surface area contributed by atoms with Gasteiger partial charge in [-0.2, -0.15) is 0 Å². The number of aliphatic carboxylic acids is 1. The van der Waals surface area contributed by atoms with E-state index in [1.54, 1.807) is 4.90 Å². The van der Waals surface area contributed by atoms with Crippen LogP contribution in [0.4, 0.5) is 4.79 Å². The third-order valence-electron chi connectivity index (χ3n) is 5.18. The predicted octanol–water partition coefficient (Wildman–Crippen LogP) is 0.652. The first kappa shape index (κ1) is 13.7. The minimum Gasteiger partial charge on any atom is -0.481 e. The Hall–Kier alpha value is -1.30. The van der Waals surface area contributed by atoms with E-state index in [-0.39, 0.29) is 18.0 Å². The van der Waals surface area contributed by atoms with E-state index in [9.17, 15) is 19.8 Å². The number of aliphatic hydroxyl groups excluding tert-OH is 1. The number of urea groups is 1. The summed E-state index contributed by atoms with van der Waals surface area (Å²) in [5.41, 5.74) is 0. The number of likely N-dealkylation sites (tertiary alicyclic amines) is 1. The van der Waals surface area contributed by atoms with Crippen LogP contribution in [0.15, 0.2) is 0 Å². The van der Waals surface area contributed by atoms with Crippen LogP contribution in [0.3, 0.4) is 0 Å². The van der Waals surface area contributed by atoms with Gasteiger partial charge in [0.2, 0.25) is 0 Å². The molecular weight excluding hydrogens is 260 g/mol. The second-order valence-corrected chi connectivity index (χ2v) is 6.41. The lowest BCUT2D eigenvalue weighted by Gasteiger charge is -2.34. The smallest absolute Gasteiger partial charge is 0.317 e. The molecule has 1 heterocycles. The lowest BCUT2D eigenvalue weighted by molar-refractivity contribution is -0.144. The zero-order valence-corrected chi connectivity index (χ0v) is 11.5. The molecule has 3 aliphatic rings. The van der Waals surface area contributed by atoms with Crippen LogP contribution in [0.5, 0.6) is 0 Å². The van der Waals surface area contributed by atoms with Gasteiger partial charge in [-0.1, -0.05) is 0 Å². The maximum atomic E-state index is 12.3. The maximum Gasteiger partial charge on any atom is 0.317 e. The van der Waals surface area contributed by atoms with Gasteiger partial charge in [-0.3, -0.25) is 4.79 Å². The van der Waals surface area contributed by atoms with Crippen molar-refractivity contribution in [3.8, 4) is 0 Å². The van der Waals surface area contributed by atoms with Crippen molar-refractivity contribution in [1.29, 1.82) is 0 Å². The fourth-order valence-electron chi connectivity index (χ4n) is 4.23. The van der Waals surface area contributed by atoms with E-state index in [0.717, 1.165) is 32.1 Å². The summed E-state index contributed by atoms with van der Waals surface area (Å²) in [5.74, 6) is -0.705. The second-order valence-electron chi connectivity index (χ2n) is 6.41. The van der Waals surface area contributed by atoms with Gasteiger partial charge in [0.1, 0.15) is 0 Å². The van der Waals surface area contributed by atoms with Gasteiger partial charge in [0.15, 0.2) is 0 Å². The molecule has 112 valence electrons. The number of carboxylic acids is 1. The molecule has 6 heteroatoms. The van der Waals surface area contributed by atoms with Gasteiger partial charge in [0.05, 0.1) is 12.0 Å². The summed E-state index contributed by atoms with van der Waals surface area (Å²) in [7, 11) is 0. The summed E-state index contributed by atoms with van der Waals surface area (Å²) in [6.07, 6.45) is 3.98. The van der Waals surface area contributed by atoms with Gasteiger partial charge >= 0.3 is 12.0 Å². The topological polar surface area (TPSA) is 89.9 Å². The number of carbonyl (C=O) groups is 2. The van der Waals surface area contributed by atoms with Crippen molar-refractivity contribution in [3.63, 3.8) is 0 Å². The molecule has 1 aliphatic heterocycles. The summed E-state index contributed by atoms with van der Waals surface area (Å²) in [4.78, 5) is 25.3. The molecule has 3 rings (SSSR count). The predicted molar refractivity (Wildman–Crippen MR) is 71.1 cm³/mol. The average Bonchev–Trinajstić information content (AvgIpc) is 2.99. The minimum atomic E-state index is -0.791. The summed E-state index contributed by atoms with van der Waals surface area (Å²) in [6.45, 7) is 0.992. The van der Waals surface area contributed by atoms with Crippen molar-refractivity contribution < 1.29 is 19.8 Å². The zero-order chi connectivity index (χ0) is 14.3. The third-order valence-corrected chi connectivity index (χ3v) is 5.18. The van der Waals surface area contributed by atoms with Crippen LogP contribution in [0.25, 0.3) is 0 Å². The van der Waals surface area contributed by atoms with Gasteiger partial charge in [0.25, 0.3) is 0 Å². The highest BCUT2D eigenvalue weighted by Gasteiger charge is 2.51. The molecule has 5 unspecified atom stereocenters. The van der Waals surface area contributed by atoms with E-state index in [1.807, 2.05) is 0 Å². The lowest BCUT2D eigenvalue weighted by Crippen LogP contribution is -2.54. The molecule has 0 aromatic carbocycles. The third kappa shape index (κ3) is 2.37. The second kappa shape index (κ2) is 5.24. The number of nitrogens with one attached hydrogen (secondary N) is 1. The first-order valence-electron chi connectivity index (χ1n) is 7.52. The van der Waals surface area contributed by atoms with Crippen LogP contribution in [0.1, 0.15) is 32.1 Å². The molecule has 2 aliphatic carbocycles. The van der Waals surface area contributed by atoms with Crippen molar-refractivity contribution in [2.45, 2.75) is 44.2 Å². The van der Waals surface area contributed by atoms with Crippen molar-refractivity contribution in [3.05, 3.63) is 0 Å². The van der Waals surface area contributed by atoms with Crippen LogP contribution in [0, 0.1) is 17.8 Å². The van der Waals surface area contributed by atoms with E-state index in [4.69, 9.17) is 0 Å². The van der Waals surface area contributed by atoms with Crippen molar-refractivity contribution in [1.82, 2.24) is 10.2 Å². The number of rotatable bonds is 2. The van der Waals surface area contributed by atoms with Crippen molar-refractivity contribution >= 4 is 12.0 Å². The fraction of sp³-hybridized carbons (Fsp3) is 0.857. The molecule has 2 saturated carbocycles. The lowest BCUT2D eigenvalue weighted by atomic mass is 9.84. The standard InChI is InChI=1S/C14H22N2O4/c17-10-2-1-5-16(7-10)14(20)15-12-9-4-3-8(6-9)11(12)13(18)19/h8-12,17H,1-7H2,(H,15,20)(H,18,19). The van der Waals surface area contributed by atoms with Gasteiger partial charge in [-0.25, -0.2) is 4.79 Å². The van der Waals surface area contributed by atoms with Crippen LogP contribution < -0.4 is 5.32 Å². The molecule has 5 atom stereocenters. The number of carboxylic acid groups (broad SMARTS) is 1. The number of β-amino-alcohol motifs (C(OH)–C–C–N with tert-alkyl or cyclic N) is 1. The minimum absolute atomic E-state index is 0.215. The van der Waals surface area contributed by atoms with E-state index in [0.29, 0.717) is 19.0 Å². The summed E-state index contributed by atoms with van der Waals surface area (Å²) in [5, 5.41) is 21.9. The zero-order valence-electron chi connectivity index (χ0n) is 11.5. The highest BCUT2D eigenvalue weighted by atomic mass is 16.4. The largest absolute Gasteiger partial charge is 0.481 e. The molecule has 3 fully saturated rings. The Kier molecular flexibility index (Phi) is 3.58. The summed E-state index contributed by atoms with van der Waals surface area (Å²) >= 11 is 0. The van der Waals surface area contributed by atoms with E-state index in [1.165, 1.54) is 0 Å². The Morgan fingerprint density at radius 3 is 2.60 bits per heavy atom. The fourth-order valence-corrected chi connectivity index (χ4v) is 4.23. The number of hydrogen-bond acceptors (Lipinski definition) is 3. The Morgan fingerprint density at radius 1 is 1.15 bits per heavy atom. The molecular formula is C14H22N2O4. The molecule has 2 bridgehead atoms. The Morgan fingerprint density at radius 2 is 1.90 bits per heavy atom. The maximum absolute atomic E-state index is 12.3. The number of hydrogen-bond donors (Lipinski definition) is 3. The van der Waals surface area contributed by atoms with E-state index in [2.05, 4.69) is 5.32 Å². The number of nitrogens with zero attached hydrogens (tertiary/aromatic N) is 1. The molecule has 0 radical (unpaired) electrons. The first-order valence-corrected chi connectivity index (χ1v) is 7.52. The van der Waals surface area contributed by atoms with Crippen molar-refractivity contribution in [2.24, 2.45) is 17.8 Å². The molecule has 0 aromatic rings. The highest BCUT2D eigenvalue weighted by Crippen LogP contribution is 2.48. The molecule has 2 amide bonds. The molecule has 3 N–H and O–H groups in total. The Bertz CT molecular complexity index is 414. The quantitative estimate of drug-likeness (QED) is 0.694. The van der Waals surface area contributed by atoms with Crippen LogP contribution >= 0.6 is 0 Å². The number of aliphatic hydroxyl groups is 1. The normalized spacial score (nSPS) is 39.9. The number of piperidine rings is 1. The van der Waals surface area contributed by atoms with Crippen LogP contribution in [0.2, 0.25) is 0 Å². The van der Waals surface area contributed by atoms with Crippen molar-refractivity contribution in [2.75, 3.05) is 13.1 Å². The Balaban J connectivity index is 1.64. The monoisotopic (exact) mass is 282 g/mol. The molecule has 6 nitrogen and oxygen atoms in total. The van der Waals surface area contributed by atoms with Crippen LogP contribution in [-0.2, 0) is 4.79 Å². The molecule has 0 aromatic heterocycles. The molecule has 20 heavy (non-hydrogen) atoms. The van der Waals surface area contributed by atoms with E-state index < -0.39 is 18.0 Å². The van der Waals surface area contributed by atoms with Gasteiger partial charge in [-0.15, -0.1) is 0 Å². The first-order chi connectivity index (χ1) is 9.56. The number of amides is 2. The summed E-state index contributed by atoms with van der Waals surface area (Å²) in [6, 6.07) is -0.453. The Labute approximate surface area is 118 Å². The molecule has 0 spiro atoms. The van der Waals surface area contributed by atoms with E-state index >= 15 is 0 Å². The SMILES string of the molecule is O=C(O)C1C2CCC(C2)C1NC(=O)N1CCCC(O)C1. The number of fused-ring (bicyclic) bond motifs is 2. The molecule has 1 saturated heterocycles. The summed E-state index contributed by atoms with van der Waals surface area (Å²) < 4.78 is 0.